The summed E-state index contributed by atoms with van der Waals surface area (Å²) in [4.78, 5) is 14.2. The van der Waals surface area contributed by atoms with E-state index in [1.165, 1.54) is 0 Å². The molecular weight excluding hydrogens is 194 g/mol. The molecule has 0 spiro atoms. The highest BCUT2D eigenvalue weighted by atomic mass is 16.6. The van der Waals surface area contributed by atoms with Crippen LogP contribution in [0.1, 0.15) is 19.4 Å². The molecule has 0 bridgehead atoms. The van der Waals surface area contributed by atoms with E-state index in [2.05, 4.69) is 4.98 Å². The van der Waals surface area contributed by atoms with Gasteiger partial charge in [-0.05, 0) is 19.9 Å². The number of pyridine rings is 1. The summed E-state index contributed by atoms with van der Waals surface area (Å²) in [6.07, 6.45) is 3.18. The molecule has 3 unspecified atom stereocenters. The molecular formula is C11H13NO3. The molecule has 1 fully saturated rings. The Morgan fingerprint density at radius 3 is 3.13 bits per heavy atom. The molecule has 15 heavy (non-hydrogen) atoms. The maximum atomic E-state index is 10.2. The molecule has 1 saturated heterocycles. The highest BCUT2D eigenvalue weighted by Gasteiger charge is 2.57. The fourth-order valence-electron chi connectivity index (χ4n) is 1.82. The van der Waals surface area contributed by atoms with Crippen molar-refractivity contribution in [2.45, 2.75) is 31.7 Å². The number of epoxide rings is 1. The second-order valence-electron chi connectivity index (χ2n) is 3.82. The van der Waals surface area contributed by atoms with Crippen LogP contribution in [0, 0.1) is 0 Å². The summed E-state index contributed by atoms with van der Waals surface area (Å²) in [6, 6.07) is 3.82. The number of aromatic nitrogens is 1. The van der Waals surface area contributed by atoms with E-state index in [1.807, 2.05) is 26.0 Å². The van der Waals surface area contributed by atoms with Gasteiger partial charge >= 0.3 is 0 Å². The molecule has 0 aromatic carbocycles. The van der Waals surface area contributed by atoms with Crippen molar-refractivity contribution in [1.82, 2.24) is 4.98 Å². The quantitative estimate of drug-likeness (QED) is 0.551. The highest BCUT2D eigenvalue weighted by molar-refractivity contribution is 5.38. The van der Waals surface area contributed by atoms with Crippen molar-refractivity contribution in [2.24, 2.45) is 0 Å². The molecule has 0 amide bonds. The SMILES string of the molecule is CC(OC=O)C1OC1(C)c1cccnc1. The zero-order valence-electron chi connectivity index (χ0n) is 8.71. The van der Waals surface area contributed by atoms with Crippen LogP contribution in [0.25, 0.3) is 0 Å². The smallest absolute Gasteiger partial charge is 0.293 e. The fraction of sp³-hybridized carbons (Fsp3) is 0.455. The molecule has 3 atom stereocenters. The molecule has 4 nitrogen and oxygen atoms in total. The van der Waals surface area contributed by atoms with Crippen LogP contribution in [0.3, 0.4) is 0 Å². The first-order chi connectivity index (χ1) is 7.18. The van der Waals surface area contributed by atoms with Gasteiger partial charge in [0.2, 0.25) is 0 Å². The van der Waals surface area contributed by atoms with Crippen LogP contribution < -0.4 is 0 Å². The Morgan fingerprint density at radius 1 is 1.73 bits per heavy atom. The monoisotopic (exact) mass is 207 g/mol. The van der Waals surface area contributed by atoms with Gasteiger partial charge in [-0.1, -0.05) is 6.07 Å². The van der Waals surface area contributed by atoms with Crippen molar-refractivity contribution in [1.29, 1.82) is 0 Å². The minimum Gasteiger partial charge on any atom is -0.462 e. The van der Waals surface area contributed by atoms with Crippen molar-refractivity contribution in [3.63, 3.8) is 0 Å². The molecule has 1 aromatic rings. The predicted molar refractivity (Wildman–Crippen MR) is 53.1 cm³/mol. The second kappa shape index (κ2) is 3.62. The van der Waals surface area contributed by atoms with Gasteiger partial charge < -0.3 is 9.47 Å². The van der Waals surface area contributed by atoms with E-state index in [-0.39, 0.29) is 17.8 Å². The van der Waals surface area contributed by atoms with E-state index in [0.29, 0.717) is 6.47 Å². The Morgan fingerprint density at radius 2 is 2.53 bits per heavy atom. The first-order valence-electron chi connectivity index (χ1n) is 4.86. The van der Waals surface area contributed by atoms with E-state index < -0.39 is 0 Å². The fourth-order valence-corrected chi connectivity index (χ4v) is 1.82. The number of hydrogen-bond donors (Lipinski definition) is 0. The van der Waals surface area contributed by atoms with Crippen molar-refractivity contribution >= 4 is 6.47 Å². The van der Waals surface area contributed by atoms with Crippen LogP contribution in [0.4, 0.5) is 0 Å². The van der Waals surface area contributed by atoms with Gasteiger partial charge in [-0.15, -0.1) is 0 Å². The van der Waals surface area contributed by atoms with Crippen LogP contribution >= 0.6 is 0 Å². The molecule has 80 valence electrons. The lowest BCUT2D eigenvalue weighted by Crippen LogP contribution is -2.21. The molecule has 0 aliphatic carbocycles. The molecule has 0 radical (unpaired) electrons. The normalized spacial score (nSPS) is 30.7. The van der Waals surface area contributed by atoms with Gasteiger partial charge in [-0.25, -0.2) is 0 Å². The summed E-state index contributed by atoms with van der Waals surface area (Å²) in [5, 5.41) is 0. The Labute approximate surface area is 88.2 Å². The number of ether oxygens (including phenoxy) is 2. The second-order valence-corrected chi connectivity index (χ2v) is 3.82. The van der Waals surface area contributed by atoms with Crippen molar-refractivity contribution in [2.75, 3.05) is 0 Å². The lowest BCUT2D eigenvalue weighted by atomic mass is 9.97. The Bertz CT molecular complexity index is 354. The van der Waals surface area contributed by atoms with E-state index >= 15 is 0 Å². The van der Waals surface area contributed by atoms with Crippen molar-refractivity contribution in [3.05, 3.63) is 30.1 Å². The highest BCUT2D eigenvalue weighted by Crippen LogP contribution is 2.47. The van der Waals surface area contributed by atoms with Gasteiger partial charge in [-0.2, -0.15) is 0 Å². The summed E-state index contributed by atoms with van der Waals surface area (Å²) >= 11 is 0. The summed E-state index contributed by atoms with van der Waals surface area (Å²) in [6.45, 7) is 4.25. The third kappa shape index (κ3) is 1.72. The van der Waals surface area contributed by atoms with E-state index in [4.69, 9.17) is 9.47 Å². The van der Waals surface area contributed by atoms with Gasteiger partial charge in [0, 0.05) is 18.0 Å². The van der Waals surface area contributed by atoms with Gasteiger partial charge in [-0.3, -0.25) is 9.78 Å². The zero-order valence-corrected chi connectivity index (χ0v) is 8.71. The van der Waals surface area contributed by atoms with Gasteiger partial charge in [0.25, 0.3) is 6.47 Å². The zero-order chi connectivity index (χ0) is 10.9. The van der Waals surface area contributed by atoms with E-state index in [0.717, 1.165) is 5.56 Å². The number of nitrogens with zero attached hydrogens (tertiary/aromatic N) is 1. The van der Waals surface area contributed by atoms with Gasteiger partial charge in [0.15, 0.2) is 0 Å². The Hall–Kier alpha value is -1.42. The van der Waals surface area contributed by atoms with Crippen LogP contribution in [0.15, 0.2) is 24.5 Å². The van der Waals surface area contributed by atoms with Gasteiger partial charge in [0.05, 0.1) is 0 Å². The number of hydrogen-bond acceptors (Lipinski definition) is 4. The van der Waals surface area contributed by atoms with Crippen LogP contribution in [-0.4, -0.2) is 23.7 Å². The maximum Gasteiger partial charge on any atom is 0.293 e. The topological polar surface area (TPSA) is 51.7 Å². The standard InChI is InChI=1S/C11H13NO3/c1-8(14-7-13)10-11(2,15-10)9-4-3-5-12-6-9/h3-8,10H,1-2H3. The van der Waals surface area contributed by atoms with Crippen molar-refractivity contribution < 1.29 is 14.3 Å². The Kier molecular flexibility index (Phi) is 2.44. The number of carbonyl (C=O) groups excluding carboxylic acids is 1. The van der Waals surface area contributed by atoms with E-state index in [1.54, 1.807) is 12.4 Å². The van der Waals surface area contributed by atoms with Crippen LogP contribution in [0.2, 0.25) is 0 Å². The molecule has 0 saturated carbocycles. The summed E-state index contributed by atoms with van der Waals surface area (Å²) in [5.41, 5.74) is 0.646. The molecule has 2 heterocycles. The number of carbonyl (C=O) groups is 1. The third-order valence-corrected chi connectivity index (χ3v) is 2.79. The predicted octanol–water partition coefficient (Wildman–Crippen LogP) is 1.26. The molecule has 1 aromatic heterocycles. The lowest BCUT2D eigenvalue weighted by Gasteiger charge is -2.09. The first kappa shape index (κ1) is 10.1. The average molecular weight is 207 g/mol. The molecule has 4 heteroatoms. The van der Waals surface area contributed by atoms with Crippen LogP contribution in [0.5, 0.6) is 0 Å². The van der Waals surface area contributed by atoms with Gasteiger partial charge in [0.1, 0.15) is 17.8 Å². The largest absolute Gasteiger partial charge is 0.462 e. The maximum absolute atomic E-state index is 10.2. The summed E-state index contributed by atoms with van der Waals surface area (Å²) in [5.74, 6) is 0. The molecule has 1 aliphatic rings. The summed E-state index contributed by atoms with van der Waals surface area (Å²) in [7, 11) is 0. The third-order valence-electron chi connectivity index (χ3n) is 2.79. The average Bonchev–Trinajstić information content (AvgIpc) is 2.94. The van der Waals surface area contributed by atoms with Crippen LogP contribution in [-0.2, 0) is 19.9 Å². The minimum absolute atomic E-state index is 0.0769. The van der Waals surface area contributed by atoms with Crippen molar-refractivity contribution in [3.8, 4) is 0 Å². The lowest BCUT2D eigenvalue weighted by molar-refractivity contribution is -0.133. The molecule has 1 aliphatic heterocycles. The summed E-state index contributed by atoms with van der Waals surface area (Å²) < 4.78 is 10.4. The van der Waals surface area contributed by atoms with E-state index in [9.17, 15) is 4.79 Å². The molecule has 0 N–H and O–H groups in total. The molecule has 2 rings (SSSR count). The minimum atomic E-state index is -0.364. The number of rotatable bonds is 4. The Balaban J connectivity index is 2.10. The first-order valence-corrected chi connectivity index (χ1v) is 4.86.